The van der Waals surface area contributed by atoms with Crippen LogP contribution < -0.4 is 5.32 Å². The SMILES string of the molecule is O=S(=O)(CCNc1ccc(Br)cc1)CC1CCCC1. The molecule has 1 fully saturated rings. The number of hydrogen-bond acceptors (Lipinski definition) is 3. The Hall–Kier alpha value is -0.550. The Morgan fingerprint density at radius 1 is 1.16 bits per heavy atom. The van der Waals surface area contributed by atoms with Gasteiger partial charge in [-0.1, -0.05) is 28.8 Å². The molecule has 2 rings (SSSR count). The molecule has 1 saturated carbocycles. The van der Waals surface area contributed by atoms with E-state index in [9.17, 15) is 8.42 Å². The minimum atomic E-state index is -2.92. The highest BCUT2D eigenvalue weighted by Crippen LogP contribution is 2.26. The molecule has 19 heavy (non-hydrogen) atoms. The fourth-order valence-corrected chi connectivity index (χ4v) is 4.43. The van der Waals surface area contributed by atoms with Crippen molar-refractivity contribution in [3.8, 4) is 0 Å². The molecule has 1 aromatic rings. The van der Waals surface area contributed by atoms with Crippen molar-refractivity contribution < 1.29 is 8.42 Å². The van der Waals surface area contributed by atoms with Crippen LogP contribution in [0.5, 0.6) is 0 Å². The predicted molar refractivity (Wildman–Crippen MR) is 83.2 cm³/mol. The average Bonchev–Trinajstić information content (AvgIpc) is 2.83. The second-order valence-corrected chi connectivity index (χ2v) is 8.34. The van der Waals surface area contributed by atoms with Gasteiger partial charge in [0.15, 0.2) is 9.84 Å². The lowest BCUT2D eigenvalue weighted by atomic mass is 10.1. The van der Waals surface area contributed by atoms with Crippen LogP contribution in [-0.2, 0) is 9.84 Å². The fourth-order valence-electron chi connectivity index (χ4n) is 2.54. The topological polar surface area (TPSA) is 46.2 Å². The van der Waals surface area contributed by atoms with E-state index in [0.717, 1.165) is 23.0 Å². The minimum absolute atomic E-state index is 0.222. The molecule has 0 aliphatic heterocycles. The normalized spacial score (nSPS) is 16.7. The highest BCUT2D eigenvalue weighted by atomic mass is 79.9. The van der Waals surface area contributed by atoms with Crippen LogP contribution in [0, 0.1) is 5.92 Å². The quantitative estimate of drug-likeness (QED) is 0.858. The third-order valence-electron chi connectivity index (χ3n) is 3.55. The molecule has 0 atom stereocenters. The largest absolute Gasteiger partial charge is 0.384 e. The summed E-state index contributed by atoms with van der Waals surface area (Å²) in [6, 6.07) is 7.76. The van der Waals surface area contributed by atoms with Crippen LogP contribution in [0.2, 0.25) is 0 Å². The van der Waals surface area contributed by atoms with Crippen LogP contribution in [0.3, 0.4) is 0 Å². The highest BCUT2D eigenvalue weighted by Gasteiger charge is 2.22. The van der Waals surface area contributed by atoms with Gasteiger partial charge in [-0.3, -0.25) is 0 Å². The molecule has 0 aromatic heterocycles. The molecule has 0 bridgehead atoms. The van der Waals surface area contributed by atoms with Crippen LogP contribution in [-0.4, -0.2) is 26.5 Å². The maximum Gasteiger partial charge on any atom is 0.152 e. The van der Waals surface area contributed by atoms with E-state index >= 15 is 0 Å². The van der Waals surface area contributed by atoms with Gasteiger partial charge in [0.05, 0.1) is 11.5 Å². The summed E-state index contributed by atoms with van der Waals surface area (Å²) in [6.07, 6.45) is 4.55. The molecule has 3 nitrogen and oxygen atoms in total. The summed E-state index contributed by atoms with van der Waals surface area (Å²) < 4.78 is 25.0. The second kappa shape index (κ2) is 6.75. The first-order valence-electron chi connectivity index (χ1n) is 6.75. The zero-order valence-electron chi connectivity index (χ0n) is 10.9. The molecule has 1 aliphatic carbocycles. The summed E-state index contributed by atoms with van der Waals surface area (Å²) in [5.74, 6) is 0.992. The van der Waals surface area contributed by atoms with Gasteiger partial charge in [-0.15, -0.1) is 0 Å². The van der Waals surface area contributed by atoms with Gasteiger partial charge in [0, 0.05) is 16.7 Å². The van der Waals surface area contributed by atoms with E-state index in [1.54, 1.807) is 0 Å². The number of sulfone groups is 1. The van der Waals surface area contributed by atoms with E-state index in [1.165, 1.54) is 12.8 Å². The van der Waals surface area contributed by atoms with Crippen molar-refractivity contribution in [1.29, 1.82) is 0 Å². The number of anilines is 1. The van der Waals surface area contributed by atoms with Gasteiger partial charge in [0.1, 0.15) is 0 Å². The van der Waals surface area contributed by atoms with Crippen LogP contribution in [0.15, 0.2) is 28.7 Å². The average molecular weight is 346 g/mol. The summed E-state index contributed by atoms with van der Waals surface area (Å²) in [4.78, 5) is 0. The van der Waals surface area contributed by atoms with E-state index in [4.69, 9.17) is 0 Å². The summed E-state index contributed by atoms with van der Waals surface area (Å²) in [6.45, 7) is 0.483. The molecule has 0 unspecified atom stereocenters. The van der Waals surface area contributed by atoms with Gasteiger partial charge in [0.25, 0.3) is 0 Å². The van der Waals surface area contributed by atoms with E-state index < -0.39 is 9.84 Å². The maximum absolute atomic E-state index is 12.0. The van der Waals surface area contributed by atoms with Crippen LogP contribution in [0.4, 0.5) is 5.69 Å². The van der Waals surface area contributed by atoms with Gasteiger partial charge in [-0.2, -0.15) is 0 Å². The molecule has 5 heteroatoms. The lowest BCUT2D eigenvalue weighted by molar-refractivity contribution is 0.559. The van der Waals surface area contributed by atoms with Crippen molar-refractivity contribution >= 4 is 31.5 Å². The van der Waals surface area contributed by atoms with Crippen LogP contribution in [0.1, 0.15) is 25.7 Å². The molecule has 0 saturated heterocycles. The molecule has 1 aromatic carbocycles. The summed E-state index contributed by atoms with van der Waals surface area (Å²) >= 11 is 3.37. The zero-order valence-corrected chi connectivity index (χ0v) is 13.3. The van der Waals surface area contributed by atoms with Crippen molar-refractivity contribution in [1.82, 2.24) is 0 Å². The zero-order chi connectivity index (χ0) is 13.7. The van der Waals surface area contributed by atoms with E-state index in [2.05, 4.69) is 21.2 Å². The van der Waals surface area contributed by atoms with Crippen molar-refractivity contribution in [2.45, 2.75) is 25.7 Å². The first-order valence-corrected chi connectivity index (χ1v) is 9.36. The third kappa shape index (κ3) is 5.15. The highest BCUT2D eigenvalue weighted by molar-refractivity contribution is 9.10. The maximum atomic E-state index is 12.0. The summed E-state index contributed by atoms with van der Waals surface area (Å²) in [5, 5.41) is 3.15. The Morgan fingerprint density at radius 3 is 2.42 bits per heavy atom. The number of halogens is 1. The fraction of sp³-hybridized carbons (Fsp3) is 0.571. The first-order chi connectivity index (χ1) is 9.05. The minimum Gasteiger partial charge on any atom is -0.384 e. The van der Waals surface area contributed by atoms with Crippen LogP contribution in [0.25, 0.3) is 0 Å². The standard InChI is InChI=1S/C14H20BrNO2S/c15-13-5-7-14(8-6-13)16-9-10-19(17,18)11-12-3-1-2-4-12/h5-8,12,16H,1-4,9-11H2. The molecule has 1 aliphatic rings. The van der Waals surface area contributed by atoms with Gasteiger partial charge < -0.3 is 5.32 Å². The molecular weight excluding hydrogens is 326 g/mol. The third-order valence-corrected chi connectivity index (χ3v) is 5.88. The van der Waals surface area contributed by atoms with Gasteiger partial charge >= 0.3 is 0 Å². The Bertz CT molecular complexity index is 493. The van der Waals surface area contributed by atoms with Gasteiger partial charge in [-0.25, -0.2) is 8.42 Å². The number of nitrogens with one attached hydrogen (secondary N) is 1. The monoisotopic (exact) mass is 345 g/mol. The molecule has 106 valence electrons. The first kappa shape index (κ1) is 14.9. The van der Waals surface area contributed by atoms with Crippen molar-refractivity contribution in [3.63, 3.8) is 0 Å². The number of benzene rings is 1. The molecule has 0 amide bonds. The lowest BCUT2D eigenvalue weighted by Gasteiger charge is -2.11. The van der Waals surface area contributed by atoms with Crippen LogP contribution >= 0.6 is 15.9 Å². The van der Waals surface area contributed by atoms with E-state index in [-0.39, 0.29) is 5.75 Å². The Morgan fingerprint density at radius 2 is 1.79 bits per heavy atom. The lowest BCUT2D eigenvalue weighted by Crippen LogP contribution is -2.22. The summed E-state index contributed by atoms with van der Waals surface area (Å²) in [5.41, 5.74) is 0.958. The van der Waals surface area contributed by atoms with Crippen molar-refractivity contribution in [3.05, 3.63) is 28.7 Å². The van der Waals surface area contributed by atoms with Gasteiger partial charge in [0.2, 0.25) is 0 Å². The summed E-state index contributed by atoms with van der Waals surface area (Å²) in [7, 11) is -2.92. The predicted octanol–water partition coefficient (Wildman–Crippen LogP) is 3.47. The molecule has 1 N–H and O–H groups in total. The smallest absolute Gasteiger partial charge is 0.152 e. The second-order valence-electron chi connectivity index (χ2n) is 5.20. The number of hydrogen-bond donors (Lipinski definition) is 1. The molecular formula is C14H20BrNO2S. The van der Waals surface area contributed by atoms with Crippen molar-refractivity contribution in [2.75, 3.05) is 23.4 Å². The van der Waals surface area contributed by atoms with E-state index in [1.807, 2.05) is 24.3 Å². The van der Waals surface area contributed by atoms with Crippen molar-refractivity contribution in [2.24, 2.45) is 5.92 Å². The molecule has 0 heterocycles. The molecule has 0 radical (unpaired) electrons. The Labute approximate surface area is 123 Å². The number of rotatable bonds is 6. The Kier molecular flexibility index (Phi) is 5.28. The van der Waals surface area contributed by atoms with E-state index in [0.29, 0.717) is 18.2 Å². The van der Waals surface area contributed by atoms with Gasteiger partial charge in [-0.05, 0) is 43.0 Å². The Balaban J connectivity index is 1.76. The molecule has 0 spiro atoms.